The lowest BCUT2D eigenvalue weighted by Crippen LogP contribution is -2.58. The Labute approximate surface area is 129 Å². The highest BCUT2D eigenvalue weighted by Crippen LogP contribution is 2.64. The maximum Gasteiger partial charge on any atom is 0.229 e. The van der Waals surface area contributed by atoms with Crippen LogP contribution in [0.5, 0.6) is 0 Å². The molecule has 0 radical (unpaired) electrons. The molecule has 2 aliphatic carbocycles. The molecule has 1 amide bonds. The van der Waals surface area contributed by atoms with Crippen LogP contribution in [-0.2, 0) is 29.2 Å². The Bertz CT molecular complexity index is 586. The first kappa shape index (κ1) is 14.2. The molecule has 2 fully saturated rings. The fourth-order valence-electron chi connectivity index (χ4n) is 4.39. The molecule has 1 aromatic rings. The van der Waals surface area contributed by atoms with Crippen molar-refractivity contribution in [3.8, 4) is 0 Å². The van der Waals surface area contributed by atoms with Crippen LogP contribution >= 0.6 is 0 Å². The molecule has 4 rings (SSSR count). The van der Waals surface area contributed by atoms with Crippen molar-refractivity contribution in [1.82, 2.24) is 14.9 Å². The molecule has 0 atom stereocenters. The lowest BCUT2D eigenvalue weighted by Gasteiger charge is -2.59. The van der Waals surface area contributed by atoms with Gasteiger partial charge in [0.05, 0.1) is 30.5 Å². The minimum Gasteiger partial charge on any atom is -0.372 e. The molecule has 22 heavy (non-hydrogen) atoms. The molecule has 6 heteroatoms. The number of amides is 1. The van der Waals surface area contributed by atoms with E-state index >= 15 is 0 Å². The second kappa shape index (κ2) is 5.05. The largest absolute Gasteiger partial charge is 0.372 e. The highest BCUT2D eigenvalue weighted by atomic mass is 19.1. The van der Waals surface area contributed by atoms with Gasteiger partial charge in [-0.3, -0.25) is 4.79 Å². The third-order valence-corrected chi connectivity index (χ3v) is 5.72. The highest BCUT2D eigenvalue weighted by Gasteiger charge is 2.60. The van der Waals surface area contributed by atoms with Crippen LogP contribution in [0.25, 0.3) is 0 Å². The zero-order valence-electron chi connectivity index (χ0n) is 12.7. The first-order valence-electron chi connectivity index (χ1n) is 8.12. The van der Waals surface area contributed by atoms with Crippen molar-refractivity contribution >= 4 is 5.91 Å². The highest BCUT2D eigenvalue weighted by molar-refractivity contribution is 5.84. The van der Waals surface area contributed by atoms with Gasteiger partial charge >= 0.3 is 0 Å². The number of carbonyl (C=O) groups is 1. The minimum absolute atomic E-state index is 0.130. The number of nitrogens with one attached hydrogen (secondary N) is 1. The molecule has 0 unspecified atom stereocenters. The lowest BCUT2D eigenvalue weighted by atomic mass is 9.45. The van der Waals surface area contributed by atoms with Crippen LogP contribution in [0.1, 0.15) is 43.6 Å². The maximum atomic E-state index is 13.5. The van der Waals surface area contributed by atoms with Crippen molar-refractivity contribution in [1.29, 1.82) is 0 Å². The summed E-state index contributed by atoms with van der Waals surface area (Å²) in [5, 5.41) is 2.93. The number of carbonyl (C=O) groups excluding carboxylic acids is 1. The molecule has 0 saturated heterocycles. The average molecular weight is 307 g/mol. The van der Waals surface area contributed by atoms with Gasteiger partial charge in [-0.25, -0.2) is 9.37 Å². The van der Waals surface area contributed by atoms with Crippen LogP contribution in [0.3, 0.4) is 0 Å². The lowest BCUT2D eigenvalue weighted by molar-refractivity contribution is -0.159. The van der Waals surface area contributed by atoms with Gasteiger partial charge in [0.1, 0.15) is 19.1 Å². The summed E-state index contributed by atoms with van der Waals surface area (Å²) < 4.78 is 20.9. The first-order chi connectivity index (χ1) is 10.7. The molecule has 1 spiro atoms. The van der Waals surface area contributed by atoms with Crippen LogP contribution in [0.15, 0.2) is 6.20 Å². The smallest absolute Gasteiger partial charge is 0.229 e. The summed E-state index contributed by atoms with van der Waals surface area (Å²) in [6.07, 6.45) is 6.78. The third kappa shape index (κ3) is 2.07. The fraction of sp³-hybridized carbons (Fsp3) is 0.750. The number of ether oxygens (including phenoxy) is 1. The molecule has 1 aromatic heterocycles. The van der Waals surface area contributed by atoms with E-state index in [1.54, 1.807) is 6.20 Å². The minimum atomic E-state index is -0.770. The van der Waals surface area contributed by atoms with Gasteiger partial charge in [0.15, 0.2) is 0 Å². The molecular formula is C16H22FN3O2. The number of fused-ring (bicyclic) bond motifs is 1. The summed E-state index contributed by atoms with van der Waals surface area (Å²) in [4.78, 5) is 16.8. The third-order valence-electron chi connectivity index (χ3n) is 5.72. The van der Waals surface area contributed by atoms with Gasteiger partial charge in [-0.05, 0) is 31.1 Å². The van der Waals surface area contributed by atoms with E-state index in [1.165, 1.54) is 6.42 Å². The van der Waals surface area contributed by atoms with Crippen molar-refractivity contribution in [2.24, 2.45) is 10.8 Å². The number of hydrogen-bond acceptors (Lipinski definition) is 3. The van der Waals surface area contributed by atoms with E-state index < -0.39 is 12.1 Å². The molecule has 0 bridgehead atoms. The van der Waals surface area contributed by atoms with Crippen molar-refractivity contribution in [2.45, 2.75) is 51.8 Å². The Morgan fingerprint density at radius 1 is 1.45 bits per heavy atom. The standard InChI is InChI=1S/C16H22FN3O2/c17-11-16(9-15(10-16)2-1-3-15)14(21)19-7-12-6-18-13-8-22-5-4-20(12)13/h6H,1-5,7-11H2,(H,19,21). The molecule has 3 aliphatic rings. The average Bonchev–Trinajstić information content (AvgIpc) is 2.86. The van der Waals surface area contributed by atoms with Gasteiger partial charge in [-0.15, -0.1) is 0 Å². The first-order valence-corrected chi connectivity index (χ1v) is 8.12. The molecular weight excluding hydrogens is 285 g/mol. The van der Waals surface area contributed by atoms with Crippen molar-refractivity contribution in [3.05, 3.63) is 17.7 Å². The Kier molecular flexibility index (Phi) is 3.25. The molecule has 0 aromatic carbocycles. The van der Waals surface area contributed by atoms with E-state index in [4.69, 9.17) is 4.74 Å². The monoisotopic (exact) mass is 307 g/mol. The van der Waals surface area contributed by atoms with Crippen LogP contribution in [0, 0.1) is 10.8 Å². The summed E-state index contributed by atoms with van der Waals surface area (Å²) >= 11 is 0. The number of rotatable bonds is 4. The van der Waals surface area contributed by atoms with E-state index in [1.807, 2.05) is 0 Å². The van der Waals surface area contributed by atoms with Crippen molar-refractivity contribution in [2.75, 3.05) is 13.3 Å². The normalized spacial score (nSPS) is 24.2. The Hall–Kier alpha value is -1.43. The van der Waals surface area contributed by atoms with Crippen LogP contribution in [-0.4, -0.2) is 28.7 Å². The molecule has 1 aliphatic heterocycles. The number of aromatic nitrogens is 2. The second-order valence-corrected chi connectivity index (χ2v) is 7.17. The number of hydrogen-bond donors (Lipinski definition) is 1. The Morgan fingerprint density at radius 3 is 2.95 bits per heavy atom. The van der Waals surface area contributed by atoms with Crippen LogP contribution in [0.2, 0.25) is 0 Å². The number of imidazole rings is 1. The fourth-order valence-corrected chi connectivity index (χ4v) is 4.39. The topological polar surface area (TPSA) is 56.2 Å². The quantitative estimate of drug-likeness (QED) is 0.925. The summed E-state index contributed by atoms with van der Waals surface area (Å²) in [5.41, 5.74) is 0.489. The number of halogens is 1. The van der Waals surface area contributed by atoms with Gasteiger partial charge in [0, 0.05) is 6.54 Å². The molecule has 5 nitrogen and oxygen atoms in total. The second-order valence-electron chi connectivity index (χ2n) is 7.17. The molecule has 2 saturated carbocycles. The SMILES string of the molecule is O=C(NCc1cnc2n1CCOC2)C1(CF)CC2(CCC2)C1. The van der Waals surface area contributed by atoms with Gasteiger partial charge in [-0.2, -0.15) is 0 Å². The van der Waals surface area contributed by atoms with Gasteiger partial charge < -0.3 is 14.6 Å². The van der Waals surface area contributed by atoms with E-state index in [9.17, 15) is 9.18 Å². The zero-order valence-corrected chi connectivity index (χ0v) is 12.7. The van der Waals surface area contributed by atoms with Crippen LogP contribution in [0.4, 0.5) is 4.39 Å². The van der Waals surface area contributed by atoms with Crippen LogP contribution < -0.4 is 5.32 Å². The molecule has 2 heterocycles. The van der Waals surface area contributed by atoms with Crippen molar-refractivity contribution in [3.63, 3.8) is 0 Å². The summed E-state index contributed by atoms with van der Waals surface area (Å²) in [6.45, 7) is 1.82. The van der Waals surface area contributed by atoms with Crippen molar-refractivity contribution < 1.29 is 13.9 Å². The summed E-state index contributed by atoms with van der Waals surface area (Å²) in [5.74, 6) is 0.767. The zero-order chi connectivity index (χ0) is 15.2. The van der Waals surface area contributed by atoms with E-state index in [0.717, 1.165) is 43.7 Å². The number of alkyl halides is 1. The Balaban J connectivity index is 1.39. The van der Waals surface area contributed by atoms with Gasteiger partial charge in [0.25, 0.3) is 0 Å². The maximum absolute atomic E-state index is 13.5. The van der Waals surface area contributed by atoms with Gasteiger partial charge in [0.2, 0.25) is 5.91 Å². The predicted octanol–water partition coefficient (Wildman–Crippen LogP) is 1.95. The van der Waals surface area contributed by atoms with E-state index in [-0.39, 0.29) is 11.3 Å². The molecule has 120 valence electrons. The van der Waals surface area contributed by atoms with E-state index in [2.05, 4.69) is 14.9 Å². The summed E-state index contributed by atoms with van der Waals surface area (Å²) in [6, 6.07) is 0. The molecule has 1 N–H and O–H groups in total. The number of nitrogens with zero attached hydrogens (tertiary/aromatic N) is 2. The van der Waals surface area contributed by atoms with Gasteiger partial charge in [-0.1, -0.05) is 6.42 Å². The predicted molar refractivity (Wildman–Crippen MR) is 77.7 cm³/mol. The summed E-state index contributed by atoms with van der Waals surface area (Å²) in [7, 11) is 0. The Morgan fingerprint density at radius 2 is 2.27 bits per heavy atom. The van der Waals surface area contributed by atoms with E-state index in [0.29, 0.717) is 19.8 Å².